The molecule has 2 nitrogen and oxygen atoms in total. The van der Waals surface area contributed by atoms with E-state index in [1.807, 2.05) is 36.4 Å². The Balaban J connectivity index is 2.18. The maximum Gasteiger partial charge on any atom is 0.221 e. The molecule has 1 amide bonds. The molecule has 0 saturated carbocycles. The third kappa shape index (κ3) is 4.45. The van der Waals surface area contributed by atoms with Crippen LogP contribution in [0.2, 0.25) is 0 Å². The average Bonchev–Trinajstić information content (AvgIpc) is 2.54. The monoisotopic (exact) mass is 295 g/mol. The van der Waals surface area contributed by atoms with E-state index in [1.54, 1.807) is 0 Å². The maximum atomic E-state index is 12.4. The lowest BCUT2D eigenvalue weighted by Crippen LogP contribution is -2.36. The van der Waals surface area contributed by atoms with E-state index in [-0.39, 0.29) is 17.9 Å². The summed E-state index contributed by atoms with van der Waals surface area (Å²) in [4.78, 5) is 12.4. The van der Waals surface area contributed by atoms with Crippen LogP contribution < -0.4 is 5.32 Å². The molecule has 1 atom stereocenters. The molecule has 0 radical (unpaired) electrons. The van der Waals surface area contributed by atoms with Gasteiger partial charge in [-0.3, -0.25) is 4.79 Å². The van der Waals surface area contributed by atoms with Gasteiger partial charge in [-0.2, -0.15) is 0 Å². The van der Waals surface area contributed by atoms with Crippen LogP contribution in [0.5, 0.6) is 0 Å². The van der Waals surface area contributed by atoms with Gasteiger partial charge in [-0.25, -0.2) is 0 Å². The number of rotatable bonds is 6. The number of hydrogen-bond donors (Lipinski definition) is 1. The second-order valence-corrected chi connectivity index (χ2v) is 6.18. The fraction of sp³-hybridized carbons (Fsp3) is 0.350. The summed E-state index contributed by atoms with van der Waals surface area (Å²) in [7, 11) is 0. The Labute approximate surface area is 133 Å². The number of amides is 1. The molecule has 2 aromatic carbocycles. The number of carbonyl (C=O) groups is 1. The van der Waals surface area contributed by atoms with E-state index >= 15 is 0 Å². The van der Waals surface area contributed by atoms with E-state index in [1.165, 1.54) is 11.1 Å². The van der Waals surface area contributed by atoms with Crippen LogP contribution in [0.3, 0.4) is 0 Å². The summed E-state index contributed by atoms with van der Waals surface area (Å²) in [5.41, 5.74) is 2.36. The predicted octanol–water partition coefficient (Wildman–Crippen LogP) is 4.37. The van der Waals surface area contributed by atoms with Crippen molar-refractivity contribution >= 4 is 5.91 Å². The summed E-state index contributed by atoms with van der Waals surface area (Å²) < 4.78 is 0. The lowest BCUT2D eigenvalue weighted by molar-refractivity contribution is -0.122. The van der Waals surface area contributed by atoms with Crippen LogP contribution in [-0.4, -0.2) is 11.9 Å². The summed E-state index contributed by atoms with van der Waals surface area (Å²) in [5.74, 6) is 0.650. The van der Waals surface area contributed by atoms with Crippen molar-refractivity contribution in [3.8, 4) is 0 Å². The zero-order chi connectivity index (χ0) is 15.9. The van der Waals surface area contributed by atoms with Gasteiger partial charge >= 0.3 is 0 Å². The van der Waals surface area contributed by atoms with E-state index in [4.69, 9.17) is 0 Å². The minimum Gasteiger partial charge on any atom is -0.353 e. The Kier molecular flexibility index (Phi) is 5.76. The number of hydrogen-bond acceptors (Lipinski definition) is 1. The van der Waals surface area contributed by atoms with Gasteiger partial charge in [0.25, 0.3) is 0 Å². The Morgan fingerprint density at radius 3 is 1.73 bits per heavy atom. The van der Waals surface area contributed by atoms with Crippen molar-refractivity contribution in [1.82, 2.24) is 5.32 Å². The van der Waals surface area contributed by atoms with Crippen molar-refractivity contribution in [3.05, 3.63) is 71.8 Å². The second kappa shape index (κ2) is 7.79. The molecule has 0 spiro atoms. The summed E-state index contributed by atoms with van der Waals surface area (Å²) in [5, 5.41) is 3.11. The molecule has 0 aromatic heterocycles. The molecule has 0 bridgehead atoms. The van der Waals surface area contributed by atoms with Gasteiger partial charge in [0.1, 0.15) is 0 Å². The lowest BCUT2D eigenvalue weighted by Gasteiger charge is -2.21. The van der Waals surface area contributed by atoms with Crippen LogP contribution >= 0.6 is 0 Å². The van der Waals surface area contributed by atoms with E-state index in [0.29, 0.717) is 12.3 Å². The van der Waals surface area contributed by atoms with Gasteiger partial charge < -0.3 is 5.32 Å². The fourth-order valence-electron chi connectivity index (χ4n) is 2.46. The van der Waals surface area contributed by atoms with Crippen molar-refractivity contribution in [2.24, 2.45) is 5.92 Å². The summed E-state index contributed by atoms with van der Waals surface area (Å²) >= 11 is 0. The molecule has 0 aliphatic heterocycles. The van der Waals surface area contributed by atoms with E-state index in [2.05, 4.69) is 50.4 Å². The fourth-order valence-corrected chi connectivity index (χ4v) is 2.46. The molecular weight excluding hydrogens is 270 g/mol. The first-order chi connectivity index (χ1) is 10.6. The van der Waals surface area contributed by atoms with Gasteiger partial charge in [-0.1, -0.05) is 74.5 Å². The van der Waals surface area contributed by atoms with Crippen molar-refractivity contribution in [1.29, 1.82) is 0 Å². The highest BCUT2D eigenvalue weighted by Gasteiger charge is 2.19. The Morgan fingerprint density at radius 1 is 0.864 bits per heavy atom. The van der Waals surface area contributed by atoms with Crippen molar-refractivity contribution in [2.45, 2.75) is 39.2 Å². The lowest BCUT2D eigenvalue weighted by atomic mass is 9.88. The first kappa shape index (κ1) is 16.3. The van der Waals surface area contributed by atoms with Gasteiger partial charge in [0.15, 0.2) is 0 Å². The Bertz CT molecular complexity index is 538. The van der Waals surface area contributed by atoms with E-state index in [9.17, 15) is 4.79 Å². The molecule has 0 heterocycles. The third-order valence-corrected chi connectivity index (χ3v) is 4.18. The number of carbonyl (C=O) groups excluding carboxylic acids is 1. The van der Waals surface area contributed by atoms with Crippen LogP contribution in [0.15, 0.2) is 60.7 Å². The second-order valence-electron chi connectivity index (χ2n) is 6.18. The quantitative estimate of drug-likeness (QED) is 0.842. The molecule has 0 aliphatic carbocycles. The highest BCUT2D eigenvalue weighted by atomic mass is 16.1. The minimum absolute atomic E-state index is 0.0989. The number of benzene rings is 2. The van der Waals surface area contributed by atoms with E-state index < -0.39 is 0 Å². The molecular formula is C20H25NO. The predicted molar refractivity (Wildman–Crippen MR) is 91.8 cm³/mol. The zero-order valence-corrected chi connectivity index (χ0v) is 13.6. The third-order valence-electron chi connectivity index (χ3n) is 4.18. The molecule has 0 aliphatic rings. The molecule has 2 aromatic rings. The molecule has 0 unspecified atom stereocenters. The summed E-state index contributed by atoms with van der Waals surface area (Å²) in [6, 6.07) is 20.7. The van der Waals surface area contributed by atoms with Crippen LogP contribution in [0, 0.1) is 5.92 Å². The highest BCUT2D eigenvalue weighted by Crippen LogP contribution is 2.27. The molecule has 22 heavy (non-hydrogen) atoms. The zero-order valence-electron chi connectivity index (χ0n) is 13.6. The first-order valence-corrected chi connectivity index (χ1v) is 7.97. The smallest absolute Gasteiger partial charge is 0.221 e. The highest BCUT2D eigenvalue weighted by molar-refractivity contribution is 5.77. The van der Waals surface area contributed by atoms with E-state index in [0.717, 1.165) is 0 Å². The molecule has 0 saturated heterocycles. The molecule has 2 heteroatoms. The van der Waals surface area contributed by atoms with Crippen LogP contribution in [-0.2, 0) is 4.79 Å². The SMILES string of the molecule is CC(C)[C@H](C)NC(=O)CC(c1ccccc1)c1ccccc1. The molecule has 2 rings (SSSR count). The van der Waals surface area contributed by atoms with Gasteiger partial charge in [0.2, 0.25) is 5.91 Å². The standard InChI is InChI=1S/C20H25NO/c1-15(2)16(3)21-20(22)14-19(17-10-6-4-7-11-17)18-12-8-5-9-13-18/h4-13,15-16,19H,14H2,1-3H3,(H,21,22)/t16-/m0/s1. The summed E-state index contributed by atoms with van der Waals surface area (Å²) in [6.45, 7) is 6.30. The largest absolute Gasteiger partial charge is 0.353 e. The minimum atomic E-state index is 0.0989. The van der Waals surface area contributed by atoms with Crippen molar-refractivity contribution < 1.29 is 4.79 Å². The van der Waals surface area contributed by atoms with Crippen molar-refractivity contribution in [2.75, 3.05) is 0 Å². The van der Waals surface area contributed by atoms with Gasteiger partial charge in [-0.15, -0.1) is 0 Å². The molecule has 116 valence electrons. The Morgan fingerprint density at radius 2 is 1.32 bits per heavy atom. The normalized spacial score (nSPS) is 12.4. The van der Waals surface area contributed by atoms with Gasteiger partial charge in [0.05, 0.1) is 0 Å². The average molecular weight is 295 g/mol. The maximum absolute atomic E-state index is 12.4. The first-order valence-electron chi connectivity index (χ1n) is 7.97. The molecule has 0 fully saturated rings. The van der Waals surface area contributed by atoms with Crippen LogP contribution in [0.4, 0.5) is 0 Å². The van der Waals surface area contributed by atoms with Gasteiger partial charge in [-0.05, 0) is 24.0 Å². The van der Waals surface area contributed by atoms with Crippen molar-refractivity contribution in [3.63, 3.8) is 0 Å². The molecule has 1 N–H and O–H groups in total. The Hall–Kier alpha value is -2.09. The topological polar surface area (TPSA) is 29.1 Å². The van der Waals surface area contributed by atoms with Gasteiger partial charge in [0, 0.05) is 18.4 Å². The van der Waals surface area contributed by atoms with Crippen LogP contribution in [0.25, 0.3) is 0 Å². The number of nitrogens with one attached hydrogen (secondary N) is 1. The summed E-state index contributed by atoms with van der Waals surface area (Å²) in [6.07, 6.45) is 0.477. The van der Waals surface area contributed by atoms with Crippen LogP contribution in [0.1, 0.15) is 44.2 Å².